The van der Waals surface area contributed by atoms with Crippen LogP contribution in [0.1, 0.15) is 13.8 Å². The smallest absolute Gasteiger partial charge is 0.0185 e. The molecular weight excluding hydrogens is 136 g/mol. The van der Waals surface area contributed by atoms with Gasteiger partial charge in [0.1, 0.15) is 0 Å². The first kappa shape index (κ1) is 10.7. The molecule has 0 amide bonds. The summed E-state index contributed by atoms with van der Waals surface area (Å²) in [5, 5.41) is 3.20. The molecule has 0 aliphatic heterocycles. The Morgan fingerprint density at radius 3 is 2.55 bits per heavy atom. The summed E-state index contributed by atoms with van der Waals surface area (Å²) in [4.78, 5) is 2.27. The predicted octanol–water partition coefficient (Wildman–Crippen LogP) is 1.10. The number of likely N-dealkylation sites (N-methyl/N-ethyl adjacent to an activating group) is 2. The molecular formula is C9H20N2. The van der Waals surface area contributed by atoms with Crippen LogP contribution in [0.15, 0.2) is 12.2 Å². The van der Waals surface area contributed by atoms with Gasteiger partial charge < -0.3 is 10.2 Å². The summed E-state index contributed by atoms with van der Waals surface area (Å²) in [6, 6.07) is 0.555. The number of rotatable bonds is 5. The van der Waals surface area contributed by atoms with Crippen LogP contribution in [0.4, 0.5) is 0 Å². The van der Waals surface area contributed by atoms with Crippen LogP contribution >= 0.6 is 0 Å². The fraction of sp³-hybridized carbons (Fsp3) is 0.778. The summed E-state index contributed by atoms with van der Waals surface area (Å²) in [5.41, 5.74) is 1.22. The maximum Gasteiger partial charge on any atom is 0.0185 e. The highest BCUT2D eigenvalue weighted by molar-refractivity contribution is 4.91. The van der Waals surface area contributed by atoms with E-state index in [2.05, 4.69) is 37.7 Å². The van der Waals surface area contributed by atoms with Gasteiger partial charge in [0.25, 0.3) is 0 Å². The van der Waals surface area contributed by atoms with Crippen molar-refractivity contribution in [1.29, 1.82) is 0 Å². The highest BCUT2D eigenvalue weighted by atomic mass is 15.1. The van der Waals surface area contributed by atoms with Gasteiger partial charge in [0.2, 0.25) is 0 Å². The minimum atomic E-state index is 0.555. The lowest BCUT2D eigenvalue weighted by atomic mass is 10.3. The summed E-state index contributed by atoms with van der Waals surface area (Å²) >= 11 is 0. The fourth-order valence-corrected chi connectivity index (χ4v) is 1.08. The van der Waals surface area contributed by atoms with Crippen molar-refractivity contribution in [2.45, 2.75) is 19.9 Å². The van der Waals surface area contributed by atoms with E-state index in [1.807, 2.05) is 7.05 Å². The SMILES string of the molecule is C=C(C)CN(C)CC(C)NC. The van der Waals surface area contributed by atoms with E-state index < -0.39 is 0 Å². The second kappa shape index (κ2) is 5.33. The molecule has 0 aromatic heterocycles. The van der Waals surface area contributed by atoms with E-state index in [1.165, 1.54) is 5.57 Å². The average Bonchev–Trinajstić information content (AvgIpc) is 1.85. The molecule has 1 unspecified atom stereocenters. The first-order chi connectivity index (χ1) is 5.06. The normalized spacial score (nSPS) is 13.5. The Morgan fingerprint density at radius 2 is 2.18 bits per heavy atom. The molecule has 0 spiro atoms. The lowest BCUT2D eigenvalue weighted by Gasteiger charge is -2.20. The Balaban J connectivity index is 3.51. The van der Waals surface area contributed by atoms with E-state index in [0.29, 0.717) is 6.04 Å². The van der Waals surface area contributed by atoms with Crippen LogP contribution in [0.25, 0.3) is 0 Å². The molecule has 0 saturated heterocycles. The van der Waals surface area contributed by atoms with Gasteiger partial charge in [-0.25, -0.2) is 0 Å². The zero-order chi connectivity index (χ0) is 8.85. The molecule has 0 radical (unpaired) electrons. The summed E-state index contributed by atoms with van der Waals surface area (Å²) in [5.74, 6) is 0. The summed E-state index contributed by atoms with van der Waals surface area (Å²) < 4.78 is 0. The molecule has 11 heavy (non-hydrogen) atoms. The minimum Gasteiger partial charge on any atom is -0.316 e. The molecule has 66 valence electrons. The summed E-state index contributed by atoms with van der Waals surface area (Å²) in [7, 11) is 4.10. The topological polar surface area (TPSA) is 15.3 Å². The Hall–Kier alpha value is -0.340. The third-order valence-corrected chi connectivity index (χ3v) is 1.62. The average molecular weight is 156 g/mol. The molecule has 0 rings (SSSR count). The monoisotopic (exact) mass is 156 g/mol. The molecule has 0 aliphatic carbocycles. The first-order valence-corrected chi connectivity index (χ1v) is 4.06. The van der Waals surface area contributed by atoms with Gasteiger partial charge in [-0.15, -0.1) is 0 Å². The fourth-order valence-electron chi connectivity index (χ4n) is 1.08. The predicted molar refractivity (Wildman–Crippen MR) is 50.8 cm³/mol. The van der Waals surface area contributed by atoms with E-state index in [1.54, 1.807) is 0 Å². The molecule has 0 bridgehead atoms. The molecule has 0 saturated carbocycles. The lowest BCUT2D eigenvalue weighted by Crippen LogP contribution is -2.35. The second-order valence-corrected chi connectivity index (χ2v) is 3.34. The van der Waals surface area contributed by atoms with Gasteiger partial charge in [-0.2, -0.15) is 0 Å². The molecule has 0 heterocycles. The minimum absolute atomic E-state index is 0.555. The van der Waals surface area contributed by atoms with Crippen molar-refractivity contribution in [3.05, 3.63) is 12.2 Å². The van der Waals surface area contributed by atoms with Gasteiger partial charge in [0, 0.05) is 19.1 Å². The van der Waals surface area contributed by atoms with Gasteiger partial charge in [-0.05, 0) is 27.9 Å². The largest absolute Gasteiger partial charge is 0.316 e. The van der Waals surface area contributed by atoms with Crippen molar-refractivity contribution in [3.8, 4) is 0 Å². The number of nitrogens with one attached hydrogen (secondary N) is 1. The second-order valence-electron chi connectivity index (χ2n) is 3.34. The van der Waals surface area contributed by atoms with E-state index in [-0.39, 0.29) is 0 Å². The third kappa shape index (κ3) is 6.07. The van der Waals surface area contributed by atoms with E-state index in [0.717, 1.165) is 13.1 Å². The molecule has 0 aliphatic rings. The zero-order valence-electron chi connectivity index (χ0n) is 8.15. The highest BCUT2D eigenvalue weighted by Gasteiger charge is 2.02. The van der Waals surface area contributed by atoms with Crippen molar-refractivity contribution in [2.75, 3.05) is 27.2 Å². The van der Waals surface area contributed by atoms with Crippen LogP contribution in [0.3, 0.4) is 0 Å². The maximum atomic E-state index is 3.87. The maximum absolute atomic E-state index is 3.87. The molecule has 2 nitrogen and oxygen atoms in total. The van der Waals surface area contributed by atoms with E-state index >= 15 is 0 Å². The van der Waals surface area contributed by atoms with E-state index in [9.17, 15) is 0 Å². The summed E-state index contributed by atoms with van der Waals surface area (Å²) in [6.07, 6.45) is 0. The van der Waals surface area contributed by atoms with Crippen LogP contribution in [-0.4, -0.2) is 38.1 Å². The van der Waals surface area contributed by atoms with Crippen molar-refractivity contribution in [2.24, 2.45) is 0 Å². The highest BCUT2D eigenvalue weighted by Crippen LogP contribution is 1.93. The van der Waals surface area contributed by atoms with Gasteiger partial charge in [-0.1, -0.05) is 12.2 Å². The van der Waals surface area contributed by atoms with Gasteiger partial charge in [0.05, 0.1) is 0 Å². The Bertz CT molecular complexity index is 121. The van der Waals surface area contributed by atoms with Crippen molar-refractivity contribution < 1.29 is 0 Å². The lowest BCUT2D eigenvalue weighted by molar-refractivity contribution is 0.325. The van der Waals surface area contributed by atoms with Crippen LogP contribution in [-0.2, 0) is 0 Å². The zero-order valence-corrected chi connectivity index (χ0v) is 8.15. The van der Waals surface area contributed by atoms with Gasteiger partial charge in [0.15, 0.2) is 0 Å². The number of nitrogens with zero attached hydrogens (tertiary/aromatic N) is 1. The third-order valence-electron chi connectivity index (χ3n) is 1.62. The molecule has 1 N–H and O–H groups in total. The van der Waals surface area contributed by atoms with Gasteiger partial charge in [-0.3, -0.25) is 0 Å². The van der Waals surface area contributed by atoms with Crippen molar-refractivity contribution >= 4 is 0 Å². The van der Waals surface area contributed by atoms with Crippen molar-refractivity contribution in [3.63, 3.8) is 0 Å². The Kier molecular flexibility index (Phi) is 5.16. The summed E-state index contributed by atoms with van der Waals surface area (Å²) in [6.45, 7) is 10.2. The quantitative estimate of drug-likeness (QED) is 0.600. The van der Waals surface area contributed by atoms with Gasteiger partial charge >= 0.3 is 0 Å². The van der Waals surface area contributed by atoms with Crippen molar-refractivity contribution in [1.82, 2.24) is 10.2 Å². The van der Waals surface area contributed by atoms with Crippen LogP contribution in [0.5, 0.6) is 0 Å². The number of hydrogen-bond acceptors (Lipinski definition) is 2. The Labute approximate surface area is 70.3 Å². The van der Waals surface area contributed by atoms with Crippen LogP contribution in [0.2, 0.25) is 0 Å². The standard InChI is InChI=1S/C9H20N2/c1-8(2)6-11(5)7-9(3)10-4/h9-10H,1,6-7H2,2-5H3. The first-order valence-electron chi connectivity index (χ1n) is 4.06. The Morgan fingerprint density at radius 1 is 1.64 bits per heavy atom. The molecule has 0 fully saturated rings. The number of hydrogen-bond donors (Lipinski definition) is 1. The van der Waals surface area contributed by atoms with Crippen LogP contribution in [0, 0.1) is 0 Å². The molecule has 1 atom stereocenters. The molecule has 0 aromatic rings. The van der Waals surface area contributed by atoms with E-state index in [4.69, 9.17) is 0 Å². The molecule has 0 aromatic carbocycles. The molecule has 2 heteroatoms. The van der Waals surface area contributed by atoms with Crippen LogP contribution < -0.4 is 5.32 Å².